The molecule has 1 N–H and O–H groups in total. The van der Waals surface area contributed by atoms with Crippen LogP contribution in [0.5, 0.6) is 0 Å². The average Bonchev–Trinajstić information content (AvgIpc) is 2.51. The van der Waals surface area contributed by atoms with Gasteiger partial charge in [-0.05, 0) is 41.4 Å². The van der Waals surface area contributed by atoms with Crippen LogP contribution in [0.4, 0.5) is 8.78 Å². The molecule has 1 aromatic rings. The molecule has 0 saturated carbocycles. The van der Waals surface area contributed by atoms with Crippen molar-refractivity contribution >= 4 is 15.9 Å². The lowest BCUT2D eigenvalue weighted by molar-refractivity contribution is -0.0753. The smallest absolute Gasteiger partial charge is 0.146 e. The van der Waals surface area contributed by atoms with E-state index >= 15 is 0 Å². The van der Waals surface area contributed by atoms with Crippen molar-refractivity contribution < 1.29 is 18.6 Å². The minimum atomic E-state index is -1.25. The van der Waals surface area contributed by atoms with E-state index in [0.29, 0.717) is 32.7 Å². The zero-order chi connectivity index (χ0) is 15.6. The summed E-state index contributed by atoms with van der Waals surface area (Å²) in [7, 11) is 0. The van der Waals surface area contributed by atoms with Crippen LogP contribution in [0.3, 0.4) is 0 Å². The lowest BCUT2D eigenvalue weighted by atomic mass is 9.84. The molecule has 0 aromatic heterocycles. The molecule has 0 radical (unpaired) electrons. The molecule has 2 unspecified atom stereocenters. The molecule has 3 nitrogen and oxygen atoms in total. The van der Waals surface area contributed by atoms with Crippen LogP contribution in [-0.2, 0) is 4.74 Å². The lowest BCUT2D eigenvalue weighted by Crippen LogP contribution is -2.55. The molecule has 2 rings (SSSR count). The van der Waals surface area contributed by atoms with E-state index in [4.69, 9.17) is 4.74 Å². The van der Waals surface area contributed by atoms with Gasteiger partial charge in [-0.2, -0.15) is 0 Å². The third kappa shape index (κ3) is 3.13. The molecule has 0 aliphatic carbocycles. The molecule has 1 fully saturated rings. The molecule has 1 saturated heterocycles. The highest BCUT2D eigenvalue weighted by Gasteiger charge is 2.41. The fourth-order valence-corrected chi connectivity index (χ4v) is 3.11. The predicted molar refractivity (Wildman–Crippen MR) is 80.1 cm³/mol. The molecule has 2 atom stereocenters. The number of hydrogen-bond donors (Lipinski definition) is 1. The van der Waals surface area contributed by atoms with Gasteiger partial charge >= 0.3 is 0 Å². The third-order valence-corrected chi connectivity index (χ3v) is 5.00. The molecule has 1 aliphatic rings. The van der Waals surface area contributed by atoms with Crippen LogP contribution in [0, 0.1) is 11.6 Å². The maximum atomic E-state index is 14.3. The monoisotopic (exact) mass is 363 g/mol. The minimum Gasteiger partial charge on any atom is -0.386 e. The van der Waals surface area contributed by atoms with Gasteiger partial charge in [-0.25, -0.2) is 8.78 Å². The normalized spacial score (nSPS) is 21.0. The van der Waals surface area contributed by atoms with Gasteiger partial charge in [0.05, 0.1) is 23.2 Å². The Kier molecular flexibility index (Phi) is 5.35. The lowest BCUT2D eigenvalue weighted by Gasteiger charge is -2.46. The minimum absolute atomic E-state index is 0.151. The number of morpholine rings is 1. The maximum Gasteiger partial charge on any atom is 0.146 e. The van der Waals surface area contributed by atoms with E-state index in [1.165, 1.54) is 12.1 Å². The van der Waals surface area contributed by atoms with Crippen molar-refractivity contribution in [3.63, 3.8) is 0 Å². The van der Waals surface area contributed by atoms with Crippen molar-refractivity contribution in [2.75, 3.05) is 26.3 Å². The van der Waals surface area contributed by atoms with Crippen LogP contribution < -0.4 is 0 Å². The van der Waals surface area contributed by atoms with Gasteiger partial charge in [-0.15, -0.1) is 0 Å². The number of aliphatic hydroxyl groups excluding tert-OH is 1. The Bertz CT molecular complexity index is 509. The highest BCUT2D eigenvalue weighted by Crippen LogP contribution is 2.38. The third-order valence-electron chi connectivity index (χ3n) is 4.39. The molecular formula is C15H20BrF2NO2. The Balaban J connectivity index is 2.40. The first-order chi connectivity index (χ1) is 9.91. The maximum absolute atomic E-state index is 14.3. The number of rotatable bonds is 4. The van der Waals surface area contributed by atoms with Crippen molar-refractivity contribution in [2.24, 2.45) is 0 Å². The molecule has 118 valence electrons. The fraction of sp³-hybridized carbons (Fsp3) is 0.600. The second-order valence-electron chi connectivity index (χ2n) is 5.47. The number of hydrogen-bond acceptors (Lipinski definition) is 3. The number of aliphatic hydroxyl groups is 1. The Labute approximate surface area is 132 Å². The number of halogens is 3. The molecule has 0 bridgehead atoms. The first kappa shape index (κ1) is 16.8. The van der Waals surface area contributed by atoms with Gasteiger partial charge in [-0.3, -0.25) is 4.90 Å². The topological polar surface area (TPSA) is 32.7 Å². The summed E-state index contributed by atoms with van der Waals surface area (Å²) in [5.41, 5.74) is -1.02. The largest absolute Gasteiger partial charge is 0.386 e. The number of ether oxygens (including phenoxy) is 1. The van der Waals surface area contributed by atoms with Crippen LogP contribution in [0.1, 0.15) is 31.9 Å². The Hall–Kier alpha value is -0.560. The Morgan fingerprint density at radius 1 is 1.38 bits per heavy atom. The summed E-state index contributed by atoms with van der Waals surface area (Å²) in [4.78, 5) is 2.04. The predicted octanol–water partition coefficient (Wildman–Crippen LogP) is 3.26. The van der Waals surface area contributed by atoms with E-state index < -0.39 is 23.3 Å². The van der Waals surface area contributed by atoms with Crippen molar-refractivity contribution in [1.82, 2.24) is 4.90 Å². The zero-order valence-corrected chi connectivity index (χ0v) is 13.8. The van der Waals surface area contributed by atoms with Crippen molar-refractivity contribution in [1.29, 1.82) is 0 Å². The van der Waals surface area contributed by atoms with E-state index in [-0.39, 0.29) is 10.0 Å². The van der Waals surface area contributed by atoms with Crippen LogP contribution >= 0.6 is 15.9 Å². The number of nitrogens with zero attached hydrogens (tertiary/aromatic N) is 1. The van der Waals surface area contributed by atoms with Gasteiger partial charge < -0.3 is 9.84 Å². The molecule has 1 aromatic carbocycles. The second kappa shape index (κ2) is 6.69. The van der Waals surface area contributed by atoms with Crippen LogP contribution in [0.15, 0.2) is 16.6 Å². The Morgan fingerprint density at radius 3 is 2.57 bits per heavy atom. The second-order valence-corrected chi connectivity index (χ2v) is 6.32. The fourth-order valence-electron chi connectivity index (χ4n) is 2.77. The van der Waals surface area contributed by atoms with Crippen molar-refractivity contribution in [3.8, 4) is 0 Å². The molecule has 0 amide bonds. The van der Waals surface area contributed by atoms with Gasteiger partial charge in [-0.1, -0.05) is 6.92 Å². The first-order valence-corrected chi connectivity index (χ1v) is 7.85. The summed E-state index contributed by atoms with van der Waals surface area (Å²) in [6, 6.07) is 2.47. The van der Waals surface area contributed by atoms with Gasteiger partial charge in [0.2, 0.25) is 0 Å². The molecule has 1 heterocycles. The van der Waals surface area contributed by atoms with Crippen molar-refractivity contribution in [3.05, 3.63) is 33.8 Å². The molecule has 21 heavy (non-hydrogen) atoms. The SMILES string of the molecule is CCC(C)(C(O)c1c(F)ccc(Br)c1F)N1CCOCC1. The van der Waals surface area contributed by atoms with E-state index in [2.05, 4.69) is 15.9 Å². The summed E-state index contributed by atoms with van der Waals surface area (Å²) >= 11 is 3.05. The van der Waals surface area contributed by atoms with Crippen LogP contribution in [-0.4, -0.2) is 41.8 Å². The molecule has 6 heteroatoms. The molecule has 1 aliphatic heterocycles. The van der Waals surface area contributed by atoms with E-state index in [0.717, 1.165) is 0 Å². The summed E-state index contributed by atoms with van der Waals surface area (Å²) < 4.78 is 33.8. The zero-order valence-electron chi connectivity index (χ0n) is 12.2. The summed E-state index contributed by atoms with van der Waals surface area (Å²) in [5, 5.41) is 10.7. The van der Waals surface area contributed by atoms with E-state index in [1.807, 2.05) is 18.7 Å². The van der Waals surface area contributed by atoms with Crippen LogP contribution in [0.2, 0.25) is 0 Å². The summed E-state index contributed by atoms with van der Waals surface area (Å²) in [6.45, 7) is 6.14. The summed E-state index contributed by atoms with van der Waals surface area (Å²) in [6.07, 6.45) is -0.683. The Morgan fingerprint density at radius 2 is 2.00 bits per heavy atom. The average molecular weight is 364 g/mol. The first-order valence-electron chi connectivity index (χ1n) is 7.06. The van der Waals surface area contributed by atoms with E-state index in [9.17, 15) is 13.9 Å². The quantitative estimate of drug-likeness (QED) is 0.833. The highest BCUT2D eigenvalue weighted by atomic mass is 79.9. The number of benzene rings is 1. The van der Waals surface area contributed by atoms with Crippen LogP contribution in [0.25, 0.3) is 0 Å². The van der Waals surface area contributed by atoms with Gasteiger partial charge in [0.1, 0.15) is 17.7 Å². The van der Waals surface area contributed by atoms with Gasteiger partial charge in [0, 0.05) is 18.6 Å². The van der Waals surface area contributed by atoms with Gasteiger partial charge in [0.15, 0.2) is 0 Å². The highest BCUT2D eigenvalue weighted by molar-refractivity contribution is 9.10. The van der Waals surface area contributed by atoms with E-state index in [1.54, 1.807) is 0 Å². The van der Waals surface area contributed by atoms with Gasteiger partial charge in [0.25, 0.3) is 0 Å². The molecular weight excluding hydrogens is 344 g/mol. The summed E-state index contributed by atoms with van der Waals surface area (Å²) in [5.74, 6) is -1.47. The molecule has 0 spiro atoms. The standard InChI is InChI=1S/C15H20BrF2NO2/c1-3-15(2,19-6-8-21-9-7-19)14(20)12-11(17)5-4-10(16)13(12)18/h4-5,14,20H,3,6-9H2,1-2H3. The van der Waals surface area contributed by atoms with Crippen molar-refractivity contribution in [2.45, 2.75) is 31.9 Å².